The largest absolute Gasteiger partial charge is 0.472 e. The number of ether oxygens (including phenoxy) is 1. The minimum Gasteiger partial charge on any atom is -0.472 e. The Bertz CT molecular complexity index is 1430. The molecule has 4 aromatic rings. The van der Waals surface area contributed by atoms with Gasteiger partial charge < -0.3 is 9.30 Å². The molecule has 0 bridgehead atoms. The van der Waals surface area contributed by atoms with Crippen molar-refractivity contribution in [2.45, 2.75) is 39.3 Å². The van der Waals surface area contributed by atoms with Crippen LogP contribution in [0.2, 0.25) is 5.02 Å². The third-order valence-corrected chi connectivity index (χ3v) is 7.08. The third kappa shape index (κ3) is 6.20. The van der Waals surface area contributed by atoms with Crippen LogP contribution >= 0.6 is 11.6 Å². The lowest BCUT2D eigenvalue weighted by Gasteiger charge is -2.24. The van der Waals surface area contributed by atoms with E-state index in [1.807, 2.05) is 18.5 Å². The first-order valence-electron chi connectivity index (χ1n) is 12.9. The van der Waals surface area contributed by atoms with E-state index in [4.69, 9.17) is 16.3 Å². The highest BCUT2D eigenvalue weighted by Gasteiger charge is 2.22. The van der Waals surface area contributed by atoms with Crippen molar-refractivity contribution >= 4 is 11.6 Å². The van der Waals surface area contributed by atoms with Crippen LogP contribution in [0.1, 0.15) is 30.3 Å². The van der Waals surface area contributed by atoms with Crippen LogP contribution in [0.15, 0.2) is 91.4 Å². The molecule has 2 unspecified atom stereocenters. The zero-order chi connectivity index (χ0) is 26.3. The lowest BCUT2D eigenvalue weighted by Crippen LogP contribution is -2.20. The van der Waals surface area contributed by atoms with Gasteiger partial charge >= 0.3 is 0 Å². The van der Waals surface area contributed by atoms with Gasteiger partial charge in [-0.25, -0.2) is 9.37 Å². The van der Waals surface area contributed by atoms with E-state index >= 15 is 0 Å². The fraction of sp³-hybridized carbons (Fsp3) is 0.258. The summed E-state index contributed by atoms with van der Waals surface area (Å²) < 4.78 is 22.3. The van der Waals surface area contributed by atoms with Crippen LogP contribution in [0.5, 0.6) is 5.88 Å². The van der Waals surface area contributed by atoms with Crippen molar-refractivity contribution < 1.29 is 9.13 Å². The highest BCUT2D eigenvalue weighted by atomic mass is 35.5. The predicted molar refractivity (Wildman–Crippen MR) is 148 cm³/mol. The Morgan fingerprint density at radius 1 is 1.00 bits per heavy atom. The van der Waals surface area contributed by atoms with Gasteiger partial charge in [0.1, 0.15) is 24.6 Å². The van der Waals surface area contributed by atoms with E-state index in [2.05, 4.69) is 75.2 Å². The van der Waals surface area contributed by atoms with Gasteiger partial charge in [-0.1, -0.05) is 73.2 Å². The van der Waals surface area contributed by atoms with Gasteiger partial charge in [0, 0.05) is 35.3 Å². The molecular formula is C31H30ClFN4O. The number of benzene rings is 2. The van der Waals surface area contributed by atoms with Crippen LogP contribution in [-0.2, 0) is 26.0 Å². The average Bonchev–Trinajstić information content (AvgIpc) is 3.37. The number of pyridine rings is 1. The first-order chi connectivity index (χ1) is 18.6. The summed E-state index contributed by atoms with van der Waals surface area (Å²) in [4.78, 5) is 4.40. The van der Waals surface area contributed by atoms with Gasteiger partial charge in [-0.05, 0) is 60.1 Å². The van der Waals surface area contributed by atoms with Crippen molar-refractivity contribution in [1.29, 1.82) is 0 Å². The molecule has 2 aromatic heterocycles. The molecule has 0 N–H and O–H groups in total. The van der Waals surface area contributed by atoms with Crippen molar-refractivity contribution in [3.05, 3.63) is 119 Å². The minimum atomic E-state index is -0.394. The second-order valence-electron chi connectivity index (χ2n) is 9.52. The van der Waals surface area contributed by atoms with Gasteiger partial charge in [0.05, 0.1) is 0 Å². The zero-order valence-electron chi connectivity index (χ0n) is 21.3. The van der Waals surface area contributed by atoms with Crippen molar-refractivity contribution in [2.24, 2.45) is 11.8 Å². The Hall–Kier alpha value is -3.77. The Morgan fingerprint density at radius 2 is 1.79 bits per heavy atom. The van der Waals surface area contributed by atoms with Crippen molar-refractivity contribution in [3.63, 3.8) is 0 Å². The standard InChI is InChI=1S/C31H30ClFN4O/c1-2-16-37-21-35-36-30(37)18-25-7-4-3-6-24(25)17-22-9-11-23(12-10-22)28-8-5-15-34-31(28)38-20-26-13-14-27(32)19-29(26)33/h3-15,19,21,24-25H,2,16-18,20H2,1H3. The van der Waals surface area contributed by atoms with Gasteiger partial charge in [-0.2, -0.15) is 0 Å². The van der Waals surface area contributed by atoms with Crippen LogP contribution in [0.25, 0.3) is 11.1 Å². The summed E-state index contributed by atoms with van der Waals surface area (Å²) in [6.45, 7) is 3.18. The Morgan fingerprint density at radius 3 is 2.55 bits per heavy atom. The van der Waals surface area contributed by atoms with E-state index < -0.39 is 5.82 Å². The minimum absolute atomic E-state index is 0.0695. The molecule has 2 aromatic carbocycles. The molecule has 1 aliphatic carbocycles. The summed E-state index contributed by atoms with van der Waals surface area (Å²) in [5, 5.41) is 8.87. The number of halogens is 2. The molecule has 2 heterocycles. The smallest absolute Gasteiger partial charge is 0.221 e. The van der Waals surface area contributed by atoms with E-state index in [1.54, 1.807) is 18.3 Å². The molecule has 0 aliphatic heterocycles. The third-order valence-electron chi connectivity index (χ3n) is 6.84. The topological polar surface area (TPSA) is 52.8 Å². The second-order valence-corrected chi connectivity index (χ2v) is 9.96. The van der Waals surface area contributed by atoms with Gasteiger partial charge in [0.2, 0.25) is 5.88 Å². The number of aromatic nitrogens is 4. The Labute approximate surface area is 227 Å². The molecule has 0 radical (unpaired) electrons. The maximum atomic E-state index is 14.2. The maximum absolute atomic E-state index is 14.2. The normalized spacial score (nSPS) is 16.6. The van der Waals surface area contributed by atoms with E-state index in [1.165, 1.54) is 11.6 Å². The first-order valence-corrected chi connectivity index (χ1v) is 13.3. The molecule has 0 spiro atoms. The molecular weight excluding hydrogens is 499 g/mol. The predicted octanol–water partition coefficient (Wildman–Crippen LogP) is 7.27. The van der Waals surface area contributed by atoms with Gasteiger partial charge in [0.25, 0.3) is 0 Å². The molecule has 5 rings (SSSR count). The molecule has 38 heavy (non-hydrogen) atoms. The molecule has 194 valence electrons. The number of hydrogen-bond acceptors (Lipinski definition) is 4. The second kappa shape index (κ2) is 12.2. The number of nitrogens with zero attached hydrogens (tertiary/aromatic N) is 4. The van der Waals surface area contributed by atoms with E-state index in [-0.39, 0.29) is 6.61 Å². The fourth-order valence-electron chi connectivity index (χ4n) is 4.82. The van der Waals surface area contributed by atoms with E-state index in [0.717, 1.165) is 42.8 Å². The molecule has 0 saturated carbocycles. The highest BCUT2D eigenvalue weighted by molar-refractivity contribution is 6.30. The number of allylic oxidation sites excluding steroid dienone is 4. The SMILES string of the molecule is CCCn1cnnc1CC1C=CC=CC1Cc1ccc(-c2cccnc2OCc2ccc(Cl)cc2F)cc1. The van der Waals surface area contributed by atoms with Crippen LogP contribution < -0.4 is 4.74 Å². The molecule has 1 aliphatic rings. The van der Waals surface area contributed by atoms with Crippen molar-refractivity contribution in [2.75, 3.05) is 0 Å². The van der Waals surface area contributed by atoms with Crippen LogP contribution in [0.3, 0.4) is 0 Å². The van der Waals surface area contributed by atoms with Crippen molar-refractivity contribution in [3.8, 4) is 17.0 Å². The monoisotopic (exact) mass is 528 g/mol. The van der Waals surface area contributed by atoms with E-state index in [9.17, 15) is 4.39 Å². The van der Waals surface area contributed by atoms with Gasteiger partial charge in [0.15, 0.2) is 0 Å². The summed E-state index contributed by atoms with van der Waals surface area (Å²) in [5.41, 5.74) is 3.55. The summed E-state index contributed by atoms with van der Waals surface area (Å²) in [5.74, 6) is 1.86. The Balaban J connectivity index is 1.27. The summed E-state index contributed by atoms with van der Waals surface area (Å²) in [6.07, 6.45) is 15.2. The maximum Gasteiger partial charge on any atom is 0.221 e. The molecule has 0 fully saturated rings. The average molecular weight is 529 g/mol. The van der Waals surface area contributed by atoms with Crippen LogP contribution in [0.4, 0.5) is 4.39 Å². The summed E-state index contributed by atoms with van der Waals surface area (Å²) in [7, 11) is 0. The fourth-order valence-corrected chi connectivity index (χ4v) is 4.98. The zero-order valence-corrected chi connectivity index (χ0v) is 22.1. The van der Waals surface area contributed by atoms with Crippen molar-refractivity contribution in [1.82, 2.24) is 19.7 Å². The number of hydrogen-bond donors (Lipinski definition) is 0. The van der Waals surface area contributed by atoms with Crippen LogP contribution in [-0.4, -0.2) is 19.7 Å². The summed E-state index contributed by atoms with van der Waals surface area (Å²) in [6, 6.07) is 16.9. The highest BCUT2D eigenvalue weighted by Crippen LogP contribution is 2.31. The summed E-state index contributed by atoms with van der Waals surface area (Å²) >= 11 is 5.86. The van der Waals surface area contributed by atoms with Gasteiger partial charge in [-0.15, -0.1) is 10.2 Å². The van der Waals surface area contributed by atoms with Crippen LogP contribution in [0, 0.1) is 17.7 Å². The Kier molecular flexibility index (Phi) is 8.29. The molecule has 7 heteroatoms. The molecule has 5 nitrogen and oxygen atoms in total. The molecule has 2 atom stereocenters. The number of aryl methyl sites for hydroxylation is 1. The lowest BCUT2D eigenvalue weighted by molar-refractivity contribution is 0.289. The van der Waals surface area contributed by atoms with E-state index in [0.29, 0.717) is 28.3 Å². The first kappa shape index (κ1) is 25.9. The number of rotatable bonds is 10. The quantitative estimate of drug-likeness (QED) is 0.217. The molecule has 0 amide bonds. The molecule has 0 saturated heterocycles. The van der Waals surface area contributed by atoms with Gasteiger partial charge in [-0.3, -0.25) is 0 Å². The lowest BCUT2D eigenvalue weighted by atomic mass is 9.81.